The molecule has 3 fully saturated rings. The van der Waals surface area contributed by atoms with Crippen molar-refractivity contribution >= 4 is 58.4 Å². The highest BCUT2D eigenvalue weighted by atomic mass is 32.2. The molecular weight excluding hydrogens is 975 g/mol. The summed E-state index contributed by atoms with van der Waals surface area (Å²) in [7, 11) is 3.51. The molecule has 0 amide bonds. The number of carbonyl (C=O) groups excluding carboxylic acids is 1. The van der Waals surface area contributed by atoms with Crippen molar-refractivity contribution in [1.29, 1.82) is 0 Å². The van der Waals surface area contributed by atoms with Crippen LogP contribution in [0.25, 0.3) is 22.4 Å². The number of imidazole rings is 1. The minimum atomic E-state index is -3.11. The lowest BCUT2D eigenvalue weighted by molar-refractivity contribution is 0.112. The molecule has 8 rings (SSSR count). The van der Waals surface area contributed by atoms with Crippen molar-refractivity contribution in [3.63, 3.8) is 0 Å². The van der Waals surface area contributed by atoms with Gasteiger partial charge in [-0.3, -0.25) is 4.79 Å². The zero-order chi connectivity index (χ0) is 53.6. The van der Waals surface area contributed by atoms with E-state index >= 15 is 0 Å². The molecule has 0 aliphatic carbocycles. The molecule has 0 atom stereocenters. The molecule has 3 saturated heterocycles. The minimum Gasteiger partial charge on any atom is -0.354 e. The highest BCUT2D eigenvalue weighted by Crippen LogP contribution is 2.30. The molecule has 3 aliphatic rings. The molecule has 74 heavy (non-hydrogen) atoms. The summed E-state index contributed by atoms with van der Waals surface area (Å²) in [5.41, 5.74) is 15.0. The first-order valence-corrected chi connectivity index (χ1v) is 27.9. The number of rotatable bonds is 18. The van der Waals surface area contributed by atoms with Crippen LogP contribution in [0.1, 0.15) is 121 Å². The largest absolute Gasteiger partial charge is 0.425 e. The van der Waals surface area contributed by atoms with Gasteiger partial charge in [0.2, 0.25) is 17.8 Å². The fraction of sp³-hybridized carbons (Fsp3) is 0.623. The number of nitrogens with two attached hydrogens (primary N) is 1. The van der Waals surface area contributed by atoms with Gasteiger partial charge < -0.3 is 41.4 Å². The molecule has 0 radical (unpaired) electrons. The zero-order valence-electron chi connectivity index (χ0n) is 45.2. The van der Waals surface area contributed by atoms with Gasteiger partial charge in [0.05, 0.1) is 33.5 Å². The molecule has 0 bridgehead atoms. The Morgan fingerprint density at radius 2 is 1.07 bits per heavy atom. The molecule has 21 heteroatoms. The summed E-state index contributed by atoms with van der Waals surface area (Å²) in [5, 5.41) is 9.94. The minimum absolute atomic E-state index is 0.502. The second kappa shape index (κ2) is 31.0. The van der Waals surface area contributed by atoms with E-state index in [0.29, 0.717) is 24.0 Å². The van der Waals surface area contributed by atoms with Crippen molar-refractivity contribution < 1.29 is 17.4 Å². The average molecular weight is 1060 g/mol. The lowest BCUT2D eigenvalue weighted by Gasteiger charge is -2.28. The van der Waals surface area contributed by atoms with E-state index in [-0.39, 0.29) is 0 Å². The van der Waals surface area contributed by atoms with Gasteiger partial charge in [0.1, 0.15) is 5.82 Å². The van der Waals surface area contributed by atoms with E-state index in [2.05, 4.69) is 119 Å². The number of benzene rings is 1. The van der Waals surface area contributed by atoms with Gasteiger partial charge in [-0.2, -0.15) is 0 Å². The Kier molecular flexibility index (Phi) is 25.0. The first kappa shape index (κ1) is 59.7. The smallest absolute Gasteiger partial charge is 0.354 e. The van der Waals surface area contributed by atoms with Crippen LogP contribution in [0.4, 0.5) is 17.8 Å². The summed E-state index contributed by atoms with van der Waals surface area (Å²) >= 11 is 4.61. The summed E-state index contributed by atoms with van der Waals surface area (Å²) in [6, 6.07) is 2.09. The number of hydrogen-bond donors (Lipinski definition) is 6. The van der Waals surface area contributed by atoms with E-state index in [4.69, 9.17) is 23.3 Å². The molecule has 5 aromatic rings. The van der Waals surface area contributed by atoms with Gasteiger partial charge in [0, 0.05) is 60.9 Å². The van der Waals surface area contributed by atoms with Gasteiger partial charge in [0.15, 0.2) is 6.29 Å². The number of likely N-dealkylation sites (tertiary alicyclic amines) is 3. The SMILES string of the molecule is Cc1cc2[nH]c(-c3cnc(NCCCC4CCN(C)CC4)nc3C)nc2c(C)c1S.Cc1nc(NCCCC2CCN(C)CC2)ncc1C=O.Cc1nc(NCCCC2CCN(C)CC2)ncc1CN.O=S(=O)=O. The van der Waals surface area contributed by atoms with Crippen molar-refractivity contribution in [3.05, 3.63) is 64.0 Å². The maximum absolute atomic E-state index is 10.7. The van der Waals surface area contributed by atoms with Crippen LogP contribution in [0.5, 0.6) is 0 Å². The predicted molar refractivity (Wildman–Crippen MR) is 299 cm³/mol. The van der Waals surface area contributed by atoms with Crippen LogP contribution in [-0.4, -0.2) is 154 Å². The second-order valence-corrected chi connectivity index (χ2v) is 21.2. The highest BCUT2D eigenvalue weighted by Gasteiger charge is 2.19. The molecule has 19 nitrogen and oxygen atoms in total. The van der Waals surface area contributed by atoms with Gasteiger partial charge in [-0.1, -0.05) is 0 Å². The first-order valence-electron chi connectivity index (χ1n) is 26.4. The van der Waals surface area contributed by atoms with Gasteiger partial charge in [-0.15, -0.1) is 25.3 Å². The summed E-state index contributed by atoms with van der Waals surface area (Å²) in [6.07, 6.45) is 21.4. The van der Waals surface area contributed by atoms with E-state index < -0.39 is 10.6 Å². The van der Waals surface area contributed by atoms with E-state index in [1.165, 1.54) is 103 Å². The van der Waals surface area contributed by atoms with Crippen LogP contribution < -0.4 is 21.7 Å². The Morgan fingerprint density at radius 3 is 1.47 bits per heavy atom. The summed E-state index contributed by atoms with van der Waals surface area (Å²) in [5.74, 6) is 5.48. The number of aryl methyl sites for hydroxylation is 5. The number of thiol groups is 1. The highest BCUT2D eigenvalue weighted by molar-refractivity contribution is 7.80. The number of aromatic amines is 1. The lowest BCUT2D eigenvalue weighted by atomic mass is 9.92. The quantitative estimate of drug-likeness (QED) is 0.0280. The normalized spacial score (nSPS) is 16.0. The number of piperidine rings is 3. The van der Waals surface area contributed by atoms with E-state index in [0.717, 1.165) is 124 Å². The Balaban J connectivity index is 0.000000204. The Morgan fingerprint density at radius 1 is 0.649 bits per heavy atom. The molecule has 3 aliphatic heterocycles. The number of carbonyl (C=O) groups is 1. The summed E-state index contributed by atoms with van der Waals surface area (Å²) < 4.78 is 25.3. The van der Waals surface area contributed by atoms with Crippen molar-refractivity contribution in [2.24, 2.45) is 23.5 Å². The molecule has 1 aromatic carbocycles. The summed E-state index contributed by atoms with van der Waals surface area (Å²) in [6.45, 7) is 20.6. The average Bonchev–Trinajstić information content (AvgIpc) is 3.80. The fourth-order valence-corrected chi connectivity index (χ4v) is 9.83. The number of nitrogens with zero attached hydrogens (tertiary/aromatic N) is 10. The number of aromatic nitrogens is 8. The third-order valence-electron chi connectivity index (χ3n) is 14.6. The van der Waals surface area contributed by atoms with Gasteiger partial charge in [-0.25, -0.2) is 34.9 Å². The standard InChI is InChI=1S/C23H32N6S.C15H27N5.C15H24N4O.O3S/c1-14-12-19-20(15(2)21(14)30)28-22(27-19)18-13-25-23(26-16(18)3)24-9-5-6-17-7-10-29(4)11-8-17;1-12-14(10-16)11-18-15(19-12)17-7-3-4-13-5-8-20(2)9-6-13;1-12-14(11-20)10-17-15(18-12)16-7-3-4-13-5-8-19(2)9-6-13;1-4(2)3/h12-13,17,30H,5-11H2,1-4H3,(H,27,28)(H,24,25,26);11,13H,3-10,16H2,1-2H3,(H,17,18,19);10-11,13H,3-9H2,1-2H3,(H,16,17,18);. The summed E-state index contributed by atoms with van der Waals surface area (Å²) in [4.78, 5) is 53.5. The Labute approximate surface area is 446 Å². The topological polar surface area (TPSA) is 246 Å². The van der Waals surface area contributed by atoms with Crippen LogP contribution in [0.3, 0.4) is 0 Å². The van der Waals surface area contributed by atoms with Crippen LogP contribution >= 0.6 is 12.6 Å². The maximum Gasteiger partial charge on any atom is 0.425 e. The number of aldehydes is 1. The van der Waals surface area contributed by atoms with Crippen molar-refractivity contribution in [2.45, 2.75) is 123 Å². The number of H-pyrrole nitrogens is 1. The number of anilines is 3. The van der Waals surface area contributed by atoms with Crippen molar-refractivity contribution in [2.75, 3.05) is 96.0 Å². The van der Waals surface area contributed by atoms with Gasteiger partial charge >= 0.3 is 10.6 Å². The maximum atomic E-state index is 10.7. The molecule has 6 N–H and O–H groups in total. The molecule has 0 saturated carbocycles. The zero-order valence-corrected chi connectivity index (χ0v) is 46.9. The number of nitrogens with one attached hydrogen (secondary N) is 4. The molecule has 406 valence electrons. The van der Waals surface area contributed by atoms with Gasteiger partial charge in [0.25, 0.3) is 0 Å². The third-order valence-corrected chi connectivity index (χ3v) is 15.3. The molecule has 7 heterocycles. The fourth-order valence-electron chi connectivity index (χ4n) is 9.66. The monoisotopic (exact) mass is 1060 g/mol. The van der Waals surface area contributed by atoms with Gasteiger partial charge in [-0.05, 0) is 207 Å². The second-order valence-electron chi connectivity index (χ2n) is 20.4. The van der Waals surface area contributed by atoms with E-state index in [9.17, 15) is 4.79 Å². The predicted octanol–water partition coefficient (Wildman–Crippen LogP) is 7.67. The van der Waals surface area contributed by atoms with Crippen LogP contribution in [0, 0.1) is 52.4 Å². The van der Waals surface area contributed by atoms with Crippen molar-refractivity contribution in [3.8, 4) is 11.4 Å². The molecular formula is C53H83N15O4S2. The lowest BCUT2D eigenvalue weighted by Crippen LogP contribution is -2.30. The molecule has 0 unspecified atom stereocenters. The Hall–Kier alpha value is -5.19. The van der Waals surface area contributed by atoms with Crippen molar-refractivity contribution in [1.82, 2.24) is 54.6 Å². The number of fused-ring (bicyclic) bond motifs is 1. The Bertz CT molecular complexity index is 2630. The van der Waals surface area contributed by atoms with Crippen LogP contribution in [0.2, 0.25) is 0 Å². The third kappa shape index (κ3) is 19.8. The number of hydrogen-bond acceptors (Lipinski definition) is 19. The van der Waals surface area contributed by atoms with E-state index in [1.54, 1.807) is 6.20 Å². The molecule has 0 spiro atoms. The first-order chi connectivity index (χ1) is 35.5. The van der Waals surface area contributed by atoms with E-state index in [1.807, 2.05) is 33.2 Å². The van der Waals surface area contributed by atoms with Crippen LogP contribution in [0.15, 0.2) is 29.6 Å². The van der Waals surface area contributed by atoms with Crippen LogP contribution in [-0.2, 0) is 17.2 Å². The molecule has 4 aromatic heterocycles.